The van der Waals surface area contributed by atoms with Crippen LogP contribution in [0.2, 0.25) is 5.02 Å². The van der Waals surface area contributed by atoms with Gasteiger partial charge in [-0.05, 0) is 51.8 Å². The van der Waals surface area contributed by atoms with E-state index < -0.39 is 6.10 Å². The summed E-state index contributed by atoms with van der Waals surface area (Å²) in [4.78, 5) is 0. The zero-order valence-corrected chi connectivity index (χ0v) is 18.6. The van der Waals surface area contributed by atoms with Crippen molar-refractivity contribution in [2.75, 3.05) is 25.2 Å². The second-order valence-electron chi connectivity index (χ2n) is 7.23. The molecular formula is C21H30ClN5O3. The van der Waals surface area contributed by atoms with Gasteiger partial charge in [0.1, 0.15) is 18.5 Å². The molecule has 0 fully saturated rings. The predicted molar refractivity (Wildman–Crippen MR) is 120 cm³/mol. The lowest BCUT2D eigenvalue weighted by Crippen LogP contribution is -2.37. The summed E-state index contributed by atoms with van der Waals surface area (Å²) in [6.45, 7) is 8.76. The Labute approximate surface area is 182 Å². The average molecular weight is 436 g/mol. The van der Waals surface area contributed by atoms with E-state index in [1.165, 1.54) is 0 Å². The number of ether oxygens (including phenoxy) is 2. The number of anilines is 1. The summed E-state index contributed by atoms with van der Waals surface area (Å²) in [5.74, 6) is 1.59. The molecule has 0 saturated carbocycles. The summed E-state index contributed by atoms with van der Waals surface area (Å²) in [7, 11) is 0. The third-order valence-corrected chi connectivity index (χ3v) is 4.61. The number of nitrogens with one attached hydrogen (secondary N) is 2. The van der Waals surface area contributed by atoms with Gasteiger partial charge < -0.3 is 19.9 Å². The van der Waals surface area contributed by atoms with Gasteiger partial charge in [-0.2, -0.15) is 5.10 Å². The monoisotopic (exact) mass is 435 g/mol. The number of rotatable bonds is 12. The summed E-state index contributed by atoms with van der Waals surface area (Å²) in [5.41, 5.74) is 4.64. The summed E-state index contributed by atoms with van der Waals surface area (Å²) in [6.07, 6.45) is 0.100. The normalized spacial score (nSPS) is 12.7. The summed E-state index contributed by atoms with van der Waals surface area (Å²) < 4.78 is 11.2. The summed E-state index contributed by atoms with van der Waals surface area (Å²) in [5, 5.41) is 26.0. The van der Waals surface area contributed by atoms with Crippen molar-refractivity contribution in [2.45, 2.75) is 46.3 Å². The molecule has 1 aromatic carbocycles. The van der Waals surface area contributed by atoms with E-state index >= 15 is 0 Å². The van der Waals surface area contributed by atoms with Gasteiger partial charge in [-0.1, -0.05) is 23.7 Å². The Morgan fingerprint density at radius 2 is 2.00 bits per heavy atom. The van der Waals surface area contributed by atoms with Gasteiger partial charge in [0.2, 0.25) is 5.88 Å². The highest BCUT2D eigenvalue weighted by Crippen LogP contribution is 2.27. The Hall–Kier alpha value is -2.42. The van der Waals surface area contributed by atoms with Crippen molar-refractivity contribution in [1.29, 1.82) is 0 Å². The van der Waals surface area contributed by atoms with Gasteiger partial charge in [0.15, 0.2) is 5.82 Å². The van der Waals surface area contributed by atoms with Crippen LogP contribution >= 0.6 is 11.6 Å². The van der Waals surface area contributed by atoms with Crippen LogP contribution in [0.15, 0.2) is 35.4 Å². The van der Waals surface area contributed by atoms with E-state index in [1.807, 2.05) is 39.8 Å². The van der Waals surface area contributed by atoms with E-state index in [0.29, 0.717) is 35.6 Å². The van der Waals surface area contributed by atoms with Crippen molar-refractivity contribution in [3.8, 4) is 11.6 Å². The fourth-order valence-electron chi connectivity index (χ4n) is 2.38. The Morgan fingerprint density at radius 1 is 1.20 bits per heavy atom. The quantitative estimate of drug-likeness (QED) is 0.346. The lowest BCUT2D eigenvalue weighted by atomic mass is 10.2. The number of aromatic nitrogens is 2. The van der Waals surface area contributed by atoms with Gasteiger partial charge in [-0.3, -0.25) is 5.43 Å². The zero-order chi connectivity index (χ0) is 21.9. The van der Waals surface area contributed by atoms with Crippen LogP contribution in [0.4, 0.5) is 5.82 Å². The third kappa shape index (κ3) is 8.52. The molecule has 0 aliphatic carbocycles. The van der Waals surface area contributed by atoms with Crippen LogP contribution in [0, 0.1) is 6.92 Å². The molecule has 2 unspecified atom stereocenters. The maximum absolute atomic E-state index is 10.1. The van der Waals surface area contributed by atoms with Crippen LogP contribution < -0.4 is 20.2 Å². The van der Waals surface area contributed by atoms with Crippen LogP contribution in [0.3, 0.4) is 0 Å². The van der Waals surface area contributed by atoms with Crippen molar-refractivity contribution in [1.82, 2.24) is 15.5 Å². The molecule has 0 bridgehead atoms. The van der Waals surface area contributed by atoms with Crippen LogP contribution in [0.1, 0.15) is 32.8 Å². The third-order valence-electron chi connectivity index (χ3n) is 4.12. The molecule has 9 heteroatoms. The molecule has 0 aliphatic rings. The number of aliphatic hydroxyl groups is 1. The van der Waals surface area contributed by atoms with Gasteiger partial charge in [0.05, 0.1) is 11.6 Å². The van der Waals surface area contributed by atoms with E-state index in [-0.39, 0.29) is 12.6 Å². The first-order valence-corrected chi connectivity index (χ1v) is 10.3. The summed E-state index contributed by atoms with van der Waals surface area (Å²) in [6, 6.07) is 9.23. The number of aryl methyl sites for hydroxylation is 1. The molecule has 164 valence electrons. The SMILES string of the molecule is CC(C)=NNc1ccc(OCCC(C)NCC(O)COc2cccc(C)c2Cl)nn1. The molecule has 1 heterocycles. The molecule has 0 saturated heterocycles. The number of benzene rings is 1. The molecule has 0 aliphatic heterocycles. The fourth-order valence-corrected chi connectivity index (χ4v) is 2.56. The minimum Gasteiger partial charge on any atom is -0.489 e. The predicted octanol–water partition coefficient (Wildman–Crippen LogP) is 3.43. The van der Waals surface area contributed by atoms with Gasteiger partial charge in [0.25, 0.3) is 0 Å². The molecule has 3 N–H and O–H groups in total. The first kappa shape index (κ1) is 23.9. The van der Waals surface area contributed by atoms with Crippen LogP contribution in [-0.4, -0.2) is 52.9 Å². The highest BCUT2D eigenvalue weighted by molar-refractivity contribution is 6.32. The molecule has 8 nitrogen and oxygen atoms in total. The van der Waals surface area contributed by atoms with E-state index in [0.717, 1.165) is 17.7 Å². The molecule has 0 radical (unpaired) electrons. The largest absolute Gasteiger partial charge is 0.489 e. The Balaban J connectivity index is 1.63. The molecule has 2 atom stereocenters. The number of hydrazone groups is 1. The highest BCUT2D eigenvalue weighted by atomic mass is 35.5. The summed E-state index contributed by atoms with van der Waals surface area (Å²) >= 11 is 6.19. The highest BCUT2D eigenvalue weighted by Gasteiger charge is 2.10. The van der Waals surface area contributed by atoms with E-state index in [1.54, 1.807) is 18.2 Å². The Bertz CT molecular complexity index is 813. The Morgan fingerprint density at radius 3 is 2.70 bits per heavy atom. The molecular weight excluding hydrogens is 406 g/mol. The number of hydrogen-bond acceptors (Lipinski definition) is 8. The van der Waals surface area contributed by atoms with Crippen LogP contribution in [0.25, 0.3) is 0 Å². The van der Waals surface area contributed by atoms with Gasteiger partial charge in [-0.15, -0.1) is 10.2 Å². The second-order valence-corrected chi connectivity index (χ2v) is 7.60. The number of halogens is 1. The van der Waals surface area contributed by atoms with Gasteiger partial charge >= 0.3 is 0 Å². The zero-order valence-electron chi connectivity index (χ0n) is 17.9. The topological polar surface area (TPSA) is 101 Å². The first-order valence-electron chi connectivity index (χ1n) is 9.88. The van der Waals surface area contributed by atoms with E-state index in [9.17, 15) is 5.11 Å². The lowest BCUT2D eigenvalue weighted by Gasteiger charge is -2.18. The smallest absolute Gasteiger partial charge is 0.233 e. The van der Waals surface area contributed by atoms with Crippen LogP contribution in [-0.2, 0) is 0 Å². The molecule has 0 amide bonds. The number of aliphatic hydroxyl groups excluding tert-OH is 1. The van der Waals surface area contributed by atoms with Gasteiger partial charge in [-0.25, -0.2) is 0 Å². The standard InChI is InChI=1S/C21H30ClN5O3/c1-14(2)24-25-19-8-9-20(27-26-19)29-11-10-16(4)23-12-17(28)13-30-18-7-5-6-15(3)21(18)22/h5-9,16-17,23,28H,10-13H2,1-4H3,(H,25,26). The van der Waals surface area contributed by atoms with Gasteiger partial charge in [0, 0.05) is 24.4 Å². The fraction of sp³-hybridized carbons (Fsp3) is 0.476. The molecule has 30 heavy (non-hydrogen) atoms. The second kappa shape index (κ2) is 12.3. The molecule has 0 spiro atoms. The van der Waals surface area contributed by atoms with Crippen molar-refractivity contribution in [2.24, 2.45) is 5.10 Å². The number of hydrogen-bond donors (Lipinski definition) is 3. The van der Waals surface area contributed by atoms with Crippen molar-refractivity contribution in [3.05, 3.63) is 40.9 Å². The molecule has 1 aromatic heterocycles. The molecule has 2 rings (SSSR count). The first-order chi connectivity index (χ1) is 14.3. The van der Waals surface area contributed by atoms with E-state index in [4.69, 9.17) is 21.1 Å². The lowest BCUT2D eigenvalue weighted by molar-refractivity contribution is 0.103. The Kier molecular flexibility index (Phi) is 9.79. The van der Waals surface area contributed by atoms with E-state index in [2.05, 4.69) is 26.0 Å². The maximum Gasteiger partial charge on any atom is 0.233 e. The minimum absolute atomic E-state index is 0.151. The minimum atomic E-state index is -0.648. The van der Waals surface area contributed by atoms with Crippen molar-refractivity contribution >= 4 is 23.1 Å². The molecule has 2 aromatic rings. The maximum atomic E-state index is 10.1. The number of nitrogens with zero attached hydrogens (tertiary/aromatic N) is 3. The van der Waals surface area contributed by atoms with Crippen molar-refractivity contribution in [3.63, 3.8) is 0 Å². The van der Waals surface area contributed by atoms with Crippen molar-refractivity contribution < 1.29 is 14.6 Å². The average Bonchev–Trinajstić information content (AvgIpc) is 2.72. The van der Waals surface area contributed by atoms with Crippen LogP contribution in [0.5, 0.6) is 11.6 Å².